The molecule has 1 amide bonds. The van der Waals surface area contributed by atoms with Crippen molar-refractivity contribution in [3.05, 3.63) is 30.5 Å². The molecule has 0 aliphatic heterocycles. The van der Waals surface area contributed by atoms with Crippen LogP contribution in [0.25, 0.3) is 22.2 Å². The van der Waals surface area contributed by atoms with Crippen molar-refractivity contribution < 1.29 is 19.0 Å². The Morgan fingerprint density at radius 2 is 2.08 bits per heavy atom. The molecule has 0 fully saturated rings. The fourth-order valence-corrected chi connectivity index (χ4v) is 2.41. The molecule has 2 aromatic heterocycles. The lowest BCUT2D eigenvalue weighted by atomic mass is 10.1. The Hall–Kier alpha value is -3.29. The molecule has 2 heterocycles. The average molecular weight is 342 g/mol. The fraction of sp³-hybridized carbons (Fsp3) is 0.235. The third-order valence-corrected chi connectivity index (χ3v) is 3.56. The number of anilines is 1. The lowest BCUT2D eigenvalue weighted by Crippen LogP contribution is -2.14. The number of nitrogens with one attached hydrogen (secondary N) is 2. The molecule has 0 aliphatic carbocycles. The zero-order valence-electron chi connectivity index (χ0n) is 14.1. The third-order valence-electron chi connectivity index (χ3n) is 3.56. The molecule has 3 rings (SSSR count). The molecule has 0 saturated carbocycles. The van der Waals surface area contributed by atoms with Gasteiger partial charge in [0.05, 0.1) is 31.9 Å². The van der Waals surface area contributed by atoms with E-state index < -0.39 is 6.09 Å². The molecule has 130 valence electrons. The Morgan fingerprint density at radius 1 is 1.24 bits per heavy atom. The van der Waals surface area contributed by atoms with Gasteiger partial charge in [-0.3, -0.25) is 5.32 Å². The van der Waals surface area contributed by atoms with E-state index in [2.05, 4.69) is 20.3 Å². The standard InChI is InChI=1S/C17H18N4O4/c1-4-25-17(22)21-16-19-12-6-5-10(7-13(12)20-16)11-9-18-15(24-3)8-14(11)23-2/h5-9H,4H2,1-3H3,(H2,19,20,21,22). The molecule has 8 nitrogen and oxygen atoms in total. The number of hydrogen-bond acceptors (Lipinski definition) is 6. The van der Waals surface area contributed by atoms with Crippen LogP contribution in [0.1, 0.15) is 6.92 Å². The molecule has 0 radical (unpaired) electrons. The minimum atomic E-state index is -0.553. The molecule has 1 aromatic carbocycles. The van der Waals surface area contributed by atoms with Gasteiger partial charge < -0.3 is 19.2 Å². The van der Waals surface area contributed by atoms with Gasteiger partial charge in [0.25, 0.3) is 0 Å². The Morgan fingerprint density at radius 3 is 2.80 bits per heavy atom. The maximum atomic E-state index is 11.5. The van der Waals surface area contributed by atoms with Crippen molar-refractivity contribution in [3.63, 3.8) is 0 Å². The van der Waals surface area contributed by atoms with Gasteiger partial charge in [-0.05, 0) is 24.6 Å². The lowest BCUT2D eigenvalue weighted by Gasteiger charge is -2.09. The molecule has 2 N–H and O–H groups in total. The van der Waals surface area contributed by atoms with Crippen molar-refractivity contribution in [1.82, 2.24) is 15.0 Å². The first-order valence-electron chi connectivity index (χ1n) is 7.66. The summed E-state index contributed by atoms with van der Waals surface area (Å²) in [6, 6.07) is 7.39. The van der Waals surface area contributed by atoms with Crippen LogP contribution in [0.3, 0.4) is 0 Å². The van der Waals surface area contributed by atoms with Gasteiger partial charge in [-0.2, -0.15) is 0 Å². The van der Waals surface area contributed by atoms with Crippen LogP contribution in [-0.2, 0) is 4.74 Å². The number of carbonyl (C=O) groups is 1. The number of carbonyl (C=O) groups excluding carboxylic acids is 1. The van der Waals surface area contributed by atoms with E-state index in [1.165, 1.54) is 0 Å². The van der Waals surface area contributed by atoms with E-state index in [9.17, 15) is 4.79 Å². The Balaban J connectivity index is 1.95. The Kier molecular flexibility index (Phi) is 4.69. The largest absolute Gasteiger partial charge is 0.496 e. The van der Waals surface area contributed by atoms with Crippen molar-refractivity contribution in [3.8, 4) is 22.8 Å². The molecule has 3 aromatic rings. The average Bonchev–Trinajstić information content (AvgIpc) is 3.02. The highest BCUT2D eigenvalue weighted by atomic mass is 16.5. The topological polar surface area (TPSA) is 98.4 Å². The van der Waals surface area contributed by atoms with E-state index in [0.29, 0.717) is 29.7 Å². The first-order chi connectivity index (χ1) is 12.1. The van der Waals surface area contributed by atoms with Crippen LogP contribution in [-0.4, -0.2) is 41.9 Å². The molecule has 0 bridgehead atoms. The second kappa shape index (κ2) is 7.08. The van der Waals surface area contributed by atoms with Crippen LogP contribution < -0.4 is 14.8 Å². The van der Waals surface area contributed by atoms with Crippen molar-refractivity contribution >= 4 is 23.1 Å². The molecule has 0 saturated heterocycles. The van der Waals surface area contributed by atoms with Gasteiger partial charge in [0, 0.05) is 17.8 Å². The van der Waals surface area contributed by atoms with Crippen LogP contribution >= 0.6 is 0 Å². The second-order valence-electron chi connectivity index (χ2n) is 5.09. The number of aromatic amines is 1. The fourth-order valence-electron chi connectivity index (χ4n) is 2.41. The molecular weight excluding hydrogens is 324 g/mol. The number of benzene rings is 1. The molecule has 0 spiro atoms. The predicted molar refractivity (Wildman–Crippen MR) is 93.1 cm³/mol. The van der Waals surface area contributed by atoms with E-state index in [-0.39, 0.29) is 0 Å². The molecule has 8 heteroatoms. The van der Waals surface area contributed by atoms with Crippen LogP contribution in [0.5, 0.6) is 11.6 Å². The number of methoxy groups -OCH3 is 2. The lowest BCUT2D eigenvalue weighted by molar-refractivity contribution is 0.167. The predicted octanol–water partition coefficient (Wildman–Crippen LogP) is 3.21. The first kappa shape index (κ1) is 16.6. The van der Waals surface area contributed by atoms with Crippen LogP contribution in [0.4, 0.5) is 10.7 Å². The monoisotopic (exact) mass is 342 g/mol. The highest BCUT2D eigenvalue weighted by Crippen LogP contribution is 2.33. The number of rotatable bonds is 5. The Bertz CT molecular complexity index is 907. The highest BCUT2D eigenvalue weighted by molar-refractivity contribution is 5.88. The minimum Gasteiger partial charge on any atom is -0.496 e. The summed E-state index contributed by atoms with van der Waals surface area (Å²) in [4.78, 5) is 23.1. The summed E-state index contributed by atoms with van der Waals surface area (Å²) < 4.78 is 15.4. The Labute approximate surface area is 144 Å². The normalized spacial score (nSPS) is 10.5. The van der Waals surface area contributed by atoms with Crippen molar-refractivity contribution in [2.45, 2.75) is 6.92 Å². The van der Waals surface area contributed by atoms with Gasteiger partial charge >= 0.3 is 6.09 Å². The van der Waals surface area contributed by atoms with Crippen molar-refractivity contribution in [2.24, 2.45) is 0 Å². The van der Waals surface area contributed by atoms with Gasteiger partial charge in [0.15, 0.2) is 0 Å². The maximum absolute atomic E-state index is 11.5. The highest BCUT2D eigenvalue weighted by Gasteiger charge is 2.12. The van der Waals surface area contributed by atoms with E-state index in [1.807, 2.05) is 18.2 Å². The van der Waals surface area contributed by atoms with Crippen LogP contribution in [0.2, 0.25) is 0 Å². The summed E-state index contributed by atoms with van der Waals surface area (Å²) in [6.07, 6.45) is 1.13. The molecule has 0 atom stereocenters. The number of hydrogen-bond donors (Lipinski definition) is 2. The summed E-state index contributed by atoms with van der Waals surface area (Å²) in [6.45, 7) is 2.03. The van der Waals surface area contributed by atoms with Gasteiger partial charge in [0.1, 0.15) is 5.75 Å². The zero-order chi connectivity index (χ0) is 17.8. The molecule has 0 unspecified atom stereocenters. The number of imidazole rings is 1. The van der Waals surface area contributed by atoms with Crippen LogP contribution in [0.15, 0.2) is 30.5 Å². The smallest absolute Gasteiger partial charge is 0.413 e. The minimum absolute atomic E-state index is 0.292. The third kappa shape index (κ3) is 3.47. The SMILES string of the molecule is CCOC(=O)Nc1nc2cc(-c3cnc(OC)cc3OC)ccc2[nH]1. The van der Waals surface area contributed by atoms with E-state index >= 15 is 0 Å². The molecule has 0 aliphatic rings. The van der Waals surface area contributed by atoms with E-state index in [1.54, 1.807) is 33.4 Å². The van der Waals surface area contributed by atoms with E-state index in [4.69, 9.17) is 14.2 Å². The molecular formula is C17H18N4O4. The number of fused-ring (bicyclic) bond motifs is 1. The number of aromatic nitrogens is 3. The zero-order valence-corrected chi connectivity index (χ0v) is 14.1. The number of nitrogens with zero attached hydrogens (tertiary/aromatic N) is 2. The quantitative estimate of drug-likeness (QED) is 0.739. The summed E-state index contributed by atoms with van der Waals surface area (Å²) in [7, 11) is 3.14. The van der Waals surface area contributed by atoms with Crippen molar-refractivity contribution in [2.75, 3.05) is 26.1 Å². The summed E-state index contributed by atoms with van der Waals surface area (Å²) in [5, 5.41) is 2.55. The number of H-pyrrole nitrogens is 1. The van der Waals surface area contributed by atoms with Crippen LogP contribution in [0, 0.1) is 0 Å². The van der Waals surface area contributed by atoms with Gasteiger partial charge in [-0.25, -0.2) is 14.8 Å². The van der Waals surface area contributed by atoms with Gasteiger partial charge in [0.2, 0.25) is 11.8 Å². The number of ether oxygens (including phenoxy) is 3. The maximum Gasteiger partial charge on any atom is 0.413 e. The second-order valence-corrected chi connectivity index (χ2v) is 5.09. The van der Waals surface area contributed by atoms with Gasteiger partial charge in [-0.1, -0.05) is 6.07 Å². The summed E-state index contributed by atoms with van der Waals surface area (Å²) >= 11 is 0. The van der Waals surface area contributed by atoms with E-state index in [0.717, 1.165) is 16.6 Å². The van der Waals surface area contributed by atoms with Gasteiger partial charge in [-0.15, -0.1) is 0 Å². The molecule has 25 heavy (non-hydrogen) atoms. The summed E-state index contributed by atoms with van der Waals surface area (Å²) in [5.41, 5.74) is 3.18. The summed E-state index contributed by atoms with van der Waals surface area (Å²) in [5.74, 6) is 1.44. The first-order valence-corrected chi connectivity index (χ1v) is 7.66. The number of pyridine rings is 1. The number of amides is 1. The van der Waals surface area contributed by atoms with Crippen molar-refractivity contribution in [1.29, 1.82) is 0 Å².